The van der Waals surface area contributed by atoms with Crippen molar-refractivity contribution in [3.05, 3.63) is 0 Å². The zero-order valence-corrected chi connectivity index (χ0v) is 10.5. The van der Waals surface area contributed by atoms with Crippen molar-refractivity contribution in [2.75, 3.05) is 13.1 Å². The van der Waals surface area contributed by atoms with Gasteiger partial charge in [-0.05, 0) is 12.3 Å². The minimum absolute atomic E-state index is 0.00866. The van der Waals surface area contributed by atoms with E-state index in [2.05, 4.69) is 12.2 Å². The Balaban J connectivity index is 2.60. The summed E-state index contributed by atoms with van der Waals surface area (Å²) in [5.41, 5.74) is 0. The van der Waals surface area contributed by atoms with Gasteiger partial charge in [-0.15, -0.1) is 0 Å². The SMILES string of the molecule is CCC(=O)N1CC(CC)CC(NC(C)=O)C1. The molecule has 2 unspecified atom stereocenters. The van der Waals surface area contributed by atoms with Gasteiger partial charge in [-0.25, -0.2) is 0 Å². The number of carbonyl (C=O) groups is 2. The van der Waals surface area contributed by atoms with E-state index in [1.807, 2.05) is 11.8 Å². The molecule has 4 nitrogen and oxygen atoms in total. The fourth-order valence-electron chi connectivity index (χ4n) is 2.32. The molecule has 0 aliphatic carbocycles. The van der Waals surface area contributed by atoms with Gasteiger partial charge in [-0.2, -0.15) is 0 Å². The highest BCUT2D eigenvalue weighted by Crippen LogP contribution is 2.20. The molecule has 0 aromatic heterocycles. The van der Waals surface area contributed by atoms with Crippen LogP contribution in [0.1, 0.15) is 40.0 Å². The minimum atomic E-state index is -0.00866. The molecular formula is C12H22N2O2. The molecule has 0 spiro atoms. The number of hydrogen-bond donors (Lipinski definition) is 1. The van der Waals surface area contributed by atoms with Gasteiger partial charge in [-0.1, -0.05) is 20.3 Å². The smallest absolute Gasteiger partial charge is 0.222 e. The van der Waals surface area contributed by atoms with Gasteiger partial charge >= 0.3 is 0 Å². The third-order valence-corrected chi connectivity index (χ3v) is 3.18. The monoisotopic (exact) mass is 226 g/mol. The fourth-order valence-corrected chi connectivity index (χ4v) is 2.32. The molecule has 1 N–H and O–H groups in total. The lowest BCUT2D eigenvalue weighted by Gasteiger charge is -2.37. The summed E-state index contributed by atoms with van der Waals surface area (Å²) in [5.74, 6) is 0.695. The predicted molar refractivity (Wildman–Crippen MR) is 62.9 cm³/mol. The van der Waals surface area contributed by atoms with Gasteiger partial charge in [0.2, 0.25) is 11.8 Å². The molecule has 4 heteroatoms. The normalized spacial score (nSPS) is 25.3. The van der Waals surface area contributed by atoms with Gasteiger partial charge < -0.3 is 10.2 Å². The number of nitrogens with one attached hydrogen (secondary N) is 1. The molecular weight excluding hydrogens is 204 g/mol. The summed E-state index contributed by atoms with van der Waals surface area (Å²) in [5, 5.41) is 2.92. The van der Waals surface area contributed by atoms with Gasteiger partial charge in [0, 0.05) is 32.5 Å². The summed E-state index contributed by atoms with van der Waals surface area (Å²) in [6.45, 7) is 7.06. The predicted octanol–water partition coefficient (Wildman–Crippen LogP) is 1.16. The maximum Gasteiger partial charge on any atom is 0.222 e. The first-order chi connectivity index (χ1) is 7.56. The molecule has 1 fully saturated rings. The summed E-state index contributed by atoms with van der Waals surface area (Å²) in [6.07, 6.45) is 2.59. The molecule has 1 rings (SSSR count). The Hall–Kier alpha value is -1.06. The van der Waals surface area contributed by atoms with Crippen LogP contribution in [0.4, 0.5) is 0 Å². The van der Waals surface area contributed by atoms with E-state index in [0.29, 0.717) is 18.9 Å². The summed E-state index contributed by atoms with van der Waals surface area (Å²) >= 11 is 0. The molecule has 1 aliphatic rings. The molecule has 0 aromatic carbocycles. The lowest BCUT2D eigenvalue weighted by molar-refractivity contribution is -0.134. The van der Waals surface area contributed by atoms with Crippen LogP contribution in [-0.2, 0) is 9.59 Å². The average molecular weight is 226 g/mol. The Morgan fingerprint density at radius 1 is 1.31 bits per heavy atom. The molecule has 2 amide bonds. The van der Waals surface area contributed by atoms with Crippen molar-refractivity contribution in [2.45, 2.75) is 46.1 Å². The van der Waals surface area contributed by atoms with E-state index >= 15 is 0 Å². The molecule has 92 valence electrons. The first-order valence-corrected chi connectivity index (χ1v) is 6.11. The second-order valence-corrected chi connectivity index (χ2v) is 4.56. The summed E-state index contributed by atoms with van der Waals surface area (Å²) < 4.78 is 0. The van der Waals surface area contributed by atoms with Crippen LogP contribution in [0.2, 0.25) is 0 Å². The zero-order valence-electron chi connectivity index (χ0n) is 10.5. The van der Waals surface area contributed by atoms with Crippen molar-refractivity contribution in [3.8, 4) is 0 Å². The zero-order chi connectivity index (χ0) is 12.1. The molecule has 0 aromatic rings. The van der Waals surface area contributed by atoms with Gasteiger partial charge in [0.05, 0.1) is 0 Å². The number of amides is 2. The fraction of sp³-hybridized carbons (Fsp3) is 0.833. The highest BCUT2D eigenvalue weighted by Gasteiger charge is 2.28. The Kier molecular flexibility index (Phi) is 4.77. The van der Waals surface area contributed by atoms with Crippen molar-refractivity contribution in [3.63, 3.8) is 0 Å². The van der Waals surface area contributed by atoms with Crippen LogP contribution < -0.4 is 5.32 Å². The van der Waals surface area contributed by atoms with E-state index in [9.17, 15) is 9.59 Å². The van der Waals surface area contributed by atoms with E-state index in [4.69, 9.17) is 0 Å². The number of nitrogens with zero attached hydrogens (tertiary/aromatic N) is 1. The molecule has 1 aliphatic heterocycles. The maximum atomic E-state index is 11.7. The van der Waals surface area contributed by atoms with Crippen LogP contribution in [0.25, 0.3) is 0 Å². The summed E-state index contributed by atoms with van der Waals surface area (Å²) in [4.78, 5) is 24.6. The van der Waals surface area contributed by atoms with Crippen molar-refractivity contribution in [1.29, 1.82) is 0 Å². The lowest BCUT2D eigenvalue weighted by atomic mass is 9.92. The summed E-state index contributed by atoms with van der Waals surface area (Å²) in [7, 11) is 0. The van der Waals surface area contributed by atoms with Crippen LogP contribution >= 0.6 is 0 Å². The Morgan fingerprint density at radius 3 is 2.50 bits per heavy atom. The van der Waals surface area contributed by atoms with Crippen molar-refractivity contribution in [1.82, 2.24) is 10.2 Å². The second kappa shape index (κ2) is 5.87. The number of hydrogen-bond acceptors (Lipinski definition) is 2. The highest BCUT2D eigenvalue weighted by molar-refractivity contribution is 5.76. The van der Waals surface area contributed by atoms with E-state index in [-0.39, 0.29) is 17.9 Å². The van der Waals surface area contributed by atoms with Crippen LogP contribution in [0.3, 0.4) is 0 Å². The largest absolute Gasteiger partial charge is 0.352 e. The first kappa shape index (κ1) is 13.0. The molecule has 1 saturated heterocycles. The third kappa shape index (κ3) is 3.51. The third-order valence-electron chi connectivity index (χ3n) is 3.18. The Labute approximate surface area is 97.4 Å². The van der Waals surface area contributed by atoms with E-state index < -0.39 is 0 Å². The lowest BCUT2D eigenvalue weighted by Crippen LogP contribution is -2.52. The Morgan fingerprint density at radius 2 is 2.00 bits per heavy atom. The van der Waals surface area contributed by atoms with E-state index in [1.165, 1.54) is 6.92 Å². The van der Waals surface area contributed by atoms with Crippen LogP contribution in [0.15, 0.2) is 0 Å². The van der Waals surface area contributed by atoms with E-state index in [1.54, 1.807) is 0 Å². The minimum Gasteiger partial charge on any atom is -0.352 e. The van der Waals surface area contributed by atoms with Crippen LogP contribution in [0.5, 0.6) is 0 Å². The topological polar surface area (TPSA) is 49.4 Å². The van der Waals surface area contributed by atoms with Gasteiger partial charge in [-0.3, -0.25) is 9.59 Å². The second-order valence-electron chi connectivity index (χ2n) is 4.56. The standard InChI is InChI=1S/C12H22N2O2/c1-4-10-6-11(13-9(3)15)8-14(7-10)12(16)5-2/h10-11H,4-8H2,1-3H3,(H,13,15). The van der Waals surface area contributed by atoms with Gasteiger partial charge in [0.15, 0.2) is 0 Å². The quantitative estimate of drug-likeness (QED) is 0.785. The van der Waals surface area contributed by atoms with Crippen LogP contribution in [0, 0.1) is 5.92 Å². The average Bonchev–Trinajstić information content (AvgIpc) is 2.26. The molecule has 16 heavy (non-hydrogen) atoms. The van der Waals surface area contributed by atoms with Crippen molar-refractivity contribution >= 4 is 11.8 Å². The molecule has 2 atom stereocenters. The Bertz CT molecular complexity index is 266. The highest BCUT2D eigenvalue weighted by atomic mass is 16.2. The van der Waals surface area contributed by atoms with E-state index in [0.717, 1.165) is 19.4 Å². The number of piperidine rings is 1. The maximum absolute atomic E-state index is 11.7. The summed E-state index contributed by atoms with van der Waals surface area (Å²) in [6, 6.07) is 0.131. The number of rotatable bonds is 3. The number of carbonyl (C=O) groups excluding carboxylic acids is 2. The molecule has 0 radical (unpaired) electrons. The molecule has 0 bridgehead atoms. The van der Waals surface area contributed by atoms with Gasteiger partial charge in [0.1, 0.15) is 0 Å². The first-order valence-electron chi connectivity index (χ1n) is 6.11. The van der Waals surface area contributed by atoms with Crippen LogP contribution in [-0.4, -0.2) is 35.8 Å². The molecule has 0 saturated carbocycles. The van der Waals surface area contributed by atoms with Gasteiger partial charge in [0.25, 0.3) is 0 Å². The number of likely N-dealkylation sites (tertiary alicyclic amines) is 1. The van der Waals surface area contributed by atoms with Crippen molar-refractivity contribution < 1.29 is 9.59 Å². The van der Waals surface area contributed by atoms with Crippen molar-refractivity contribution in [2.24, 2.45) is 5.92 Å². The molecule has 1 heterocycles.